The van der Waals surface area contributed by atoms with Crippen molar-refractivity contribution in [1.29, 1.82) is 0 Å². The van der Waals surface area contributed by atoms with Crippen LogP contribution in [0.25, 0.3) is 6.08 Å². The Morgan fingerprint density at radius 3 is 2.52 bits per heavy atom. The molecule has 2 nitrogen and oxygen atoms in total. The van der Waals surface area contributed by atoms with E-state index in [1.54, 1.807) is 6.07 Å². The maximum absolute atomic E-state index is 12.6. The monoisotopic (exact) mass is 319 g/mol. The van der Waals surface area contributed by atoms with Gasteiger partial charge in [-0.15, -0.1) is 0 Å². The zero-order chi connectivity index (χ0) is 15.5. The molecule has 0 N–H and O–H groups in total. The number of halogens is 4. The average Bonchev–Trinajstić information content (AvgIpc) is 2.45. The van der Waals surface area contributed by atoms with Crippen molar-refractivity contribution in [3.63, 3.8) is 0 Å². The topological polar surface area (TPSA) is 22.1 Å². The Morgan fingerprint density at radius 2 is 1.95 bits per heavy atom. The van der Waals surface area contributed by atoms with Gasteiger partial charge in [0.05, 0.1) is 19.2 Å². The second kappa shape index (κ2) is 6.69. The van der Waals surface area contributed by atoms with Crippen LogP contribution in [0, 0.1) is 11.8 Å². The molecule has 1 aromatic rings. The van der Waals surface area contributed by atoms with Crippen molar-refractivity contribution in [2.75, 3.05) is 7.11 Å². The molecule has 2 rings (SSSR count). The third-order valence-corrected chi connectivity index (χ3v) is 4.07. The van der Waals surface area contributed by atoms with Gasteiger partial charge in [0.15, 0.2) is 0 Å². The fourth-order valence-corrected chi connectivity index (χ4v) is 2.78. The lowest BCUT2D eigenvalue weighted by atomic mass is 9.81. The smallest absolute Gasteiger partial charge is 0.391 e. The van der Waals surface area contributed by atoms with Crippen LogP contribution in [0.15, 0.2) is 18.3 Å². The predicted octanol–water partition coefficient (Wildman–Crippen LogP) is 5.13. The highest BCUT2D eigenvalue weighted by molar-refractivity contribution is 6.29. The van der Waals surface area contributed by atoms with Crippen LogP contribution in [0.5, 0.6) is 5.75 Å². The Morgan fingerprint density at radius 1 is 1.29 bits per heavy atom. The molecule has 0 atom stereocenters. The Kier molecular flexibility index (Phi) is 5.14. The van der Waals surface area contributed by atoms with Gasteiger partial charge >= 0.3 is 6.18 Å². The summed E-state index contributed by atoms with van der Waals surface area (Å²) in [5, 5.41) is 0.358. The van der Waals surface area contributed by atoms with Gasteiger partial charge in [0.25, 0.3) is 0 Å². The first-order chi connectivity index (χ1) is 9.90. The van der Waals surface area contributed by atoms with E-state index in [9.17, 15) is 13.2 Å². The molecule has 1 heterocycles. The van der Waals surface area contributed by atoms with Gasteiger partial charge in [-0.2, -0.15) is 13.2 Å². The molecule has 0 unspecified atom stereocenters. The highest BCUT2D eigenvalue weighted by Gasteiger charge is 2.40. The minimum atomic E-state index is -4.06. The summed E-state index contributed by atoms with van der Waals surface area (Å²) in [5.41, 5.74) is 0.787. The van der Waals surface area contributed by atoms with Crippen molar-refractivity contribution in [3.8, 4) is 5.75 Å². The normalized spacial score (nSPS) is 23.5. The SMILES string of the molecule is COc1cnc(Cl)cc1C=CC1CCC(C(F)(F)F)CC1. The van der Waals surface area contributed by atoms with Crippen molar-refractivity contribution in [2.24, 2.45) is 11.8 Å². The van der Waals surface area contributed by atoms with E-state index in [-0.39, 0.29) is 18.8 Å². The van der Waals surface area contributed by atoms with Gasteiger partial charge in [-0.05, 0) is 37.7 Å². The summed E-state index contributed by atoms with van der Waals surface area (Å²) in [5.74, 6) is -0.382. The van der Waals surface area contributed by atoms with Crippen molar-refractivity contribution >= 4 is 17.7 Å². The van der Waals surface area contributed by atoms with Gasteiger partial charge in [-0.3, -0.25) is 0 Å². The summed E-state index contributed by atoms with van der Waals surface area (Å²) in [4.78, 5) is 3.92. The molecule has 0 bridgehead atoms. The Hall–Kier alpha value is -1.23. The predicted molar refractivity (Wildman–Crippen MR) is 76.3 cm³/mol. The minimum absolute atomic E-state index is 0.167. The van der Waals surface area contributed by atoms with Crippen LogP contribution < -0.4 is 4.74 Å². The van der Waals surface area contributed by atoms with Gasteiger partial charge in [0.1, 0.15) is 10.9 Å². The third kappa shape index (κ3) is 4.37. The number of hydrogen-bond donors (Lipinski definition) is 0. The van der Waals surface area contributed by atoms with Crippen molar-refractivity contribution in [2.45, 2.75) is 31.9 Å². The molecule has 0 radical (unpaired) electrons. The molecule has 0 saturated heterocycles. The van der Waals surface area contributed by atoms with Gasteiger partial charge in [-0.1, -0.05) is 23.8 Å². The van der Waals surface area contributed by atoms with E-state index in [1.807, 2.05) is 12.2 Å². The summed E-state index contributed by atoms with van der Waals surface area (Å²) in [7, 11) is 1.54. The lowest BCUT2D eigenvalue weighted by Crippen LogP contribution is -2.27. The summed E-state index contributed by atoms with van der Waals surface area (Å²) < 4.78 is 43.0. The van der Waals surface area contributed by atoms with E-state index in [1.165, 1.54) is 13.3 Å². The summed E-state index contributed by atoms with van der Waals surface area (Å²) in [6, 6.07) is 1.68. The molecule has 1 aliphatic carbocycles. The molecule has 1 aromatic heterocycles. The van der Waals surface area contributed by atoms with Gasteiger partial charge < -0.3 is 4.74 Å². The fourth-order valence-electron chi connectivity index (χ4n) is 2.61. The molecule has 0 spiro atoms. The highest BCUT2D eigenvalue weighted by Crippen LogP contribution is 2.40. The minimum Gasteiger partial charge on any atom is -0.495 e. The number of hydrogen-bond acceptors (Lipinski definition) is 2. The lowest BCUT2D eigenvalue weighted by Gasteiger charge is -2.28. The van der Waals surface area contributed by atoms with Crippen LogP contribution in [-0.2, 0) is 0 Å². The third-order valence-electron chi connectivity index (χ3n) is 3.87. The number of ether oxygens (including phenoxy) is 1. The Balaban J connectivity index is 1.99. The van der Waals surface area contributed by atoms with Crippen LogP contribution in [0.1, 0.15) is 31.2 Å². The first-order valence-electron chi connectivity index (χ1n) is 6.84. The van der Waals surface area contributed by atoms with E-state index in [2.05, 4.69) is 4.98 Å². The highest BCUT2D eigenvalue weighted by atomic mass is 35.5. The maximum atomic E-state index is 12.6. The second-order valence-electron chi connectivity index (χ2n) is 5.26. The van der Waals surface area contributed by atoms with Crippen LogP contribution in [0.2, 0.25) is 5.15 Å². The molecule has 0 amide bonds. The van der Waals surface area contributed by atoms with Crippen LogP contribution in [0.4, 0.5) is 13.2 Å². The Bertz CT molecular complexity index is 508. The van der Waals surface area contributed by atoms with Gasteiger partial charge in [-0.25, -0.2) is 4.98 Å². The molecule has 21 heavy (non-hydrogen) atoms. The van der Waals surface area contributed by atoms with E-state index in [0.29, 0.717) is 23.7 Å². The Labute approximate surface area is 127 Å². The summed E-state index contributed by atoms with van der Waals surface area (Å²) in [6.07, 6.45) is 2.79. The first-order valence-corrected chi connectivity index (χ1v) is 7.22. The first kappa shape index (κ1) is 16.1. The lowest BCUT2D eigenvalue weighted by molar-refractivity contribution is -0.183. The van der Waals surface area contributed by atoms with Gasteiger partial charge in [0.2, 0.25) is 0 Å². The molecule has 116 valence electrons. The molecule has 6 heteroatoms. The number of allylic oxidation sites excluding steroid dienone is 1. The van der Waals surface area contributed by atoms with Crippen LogP contribution >= 0.6 is 11.6 Å². The summed E-state index contributed by atoms with van der Waals surface area (Å²) in [6.45, 7) is 0. The number of alkyl halides is 3. The van der Waals surface area contributed by atoms with Gasteiger partial charge in [0, 0.05) is 5.56 Å². The summed E-state index contributed by atoms with van der Waals surface area (Å²) >= 11 is 5.84. The maximum Gasteiger partial charge on any atom is 0.391 e. The van der Waals surface area contributed by atoms with E-state index in [0.717, 1.165) is 5.56 Å². The second-order valence-corrected chi connectivity index (χ2v) is 5.65. The standard InChI is InChI=1S/C15H17ClF3NO/c1-21-13-9-20-14(16)8-11(13)5-2-10-3-6-12(7-4-10)15(17,18)19/h2,5,8-10,12H,3-4,6-7H2,1H3. The number of aromatic nitrogens is 1. The van der Waals surface area contributed by atoms with Crippen LogP contribution in [0.3, 0.4) is 0 Å². The molecular formula is C15H17ClF3NO. The number of pyridine rings is 1. The average molecular weight is 320 g/mol. The molecule has 1 fully saturated rings. The number of methoxy groups -OCH3 is 1. The van der Waals surface area contributed by atoms with Crippen LogP contribution in [-0.4, -0.2) is 18.3 Å². The number of nitrogens with zero attached hydrogens (tertiary/aromatic N) is 1. The van der Waals surface area contributed by atoms with E-state index in [4.69, 9.17) is 16.3 Å². The largest absolute Gasteiger partial charge is 0.495 e. The number of rotatable bonds is 3. The molecule has 0 aliphatic heterocycles. The van der Waals surface area contributed by atoms with Crippen molar-refractivity contribution < 1.29 is 17.9 Å². The van der Waals surface area contributed by atoms with E-state index >= 15 is 0 Å². The molecule has 1 aliphatic rings. The van der Waals surface area contributed by atoms with E-state index < -0.39 is 12.1 Å². The zero-order valence-corrected chi connectivity index (χ0v) is 12.4. The van der Waals surface area contributed by atoms with Crippen molar-refractivity contribution in [3.05, 3.63) is 29.1 Å². The molecule has 0 aromatic carbocycles. The fraction of sp³-hybridized carbons (Fsp3) is 0.533. The molecule has 1 saturated carbocycles. The van der Waals surface area contributed by atoms with Crippen molar-refractivity contribution in [1.82, 2.24) is 4.98 Å². The zero-order valence-electron chi connectivity index (χ0n) is 11.7. The quantitative estimate of drug-likeness (QED) is 0.721. The molecular weight excluding hydrogens is 303 g/mol.